The Labute approximate surface area is 170 Å². The summed E-state index contributed by atoms with van der Waals surface area (Å²) in [7, 11) is 0. The molecule has 7 heteroatoms. The molecule has 3 aromatic rings. The molecule has 0 spiro atoms. The highest BCUT2D eigenvalue weighted by Gasteiger charge is 2.23. The van der Waals surface area contributed by atoms with Crippen LogP contribution in [0.2, 0.25) is 10.0 Å². The normalized spacial score (nSPS) is 17.0. The van der Waals surface area contributed by atoms with Gasteiger partial charge in [-0.05, 0) is 48.4 Å². The number of allylic oxidation sites excluding steroid dienone is 1. The summed E-state index contributed by atoms with van der Waals surface area (Å²) in [5.41, 5.74) is 1.76. The summed E-state index contributed by atoms with van der Waals surface area (Å²) >= 11 is 13.8. The minimum absolute atomic E-state index is 0.194. The van der Waals surface area contributed by atoms with E-state index >= 15 is 0 Å². The van der Waals surface area contributed by atoms with Gasteiger partial charge in [0.05, 0.1) is 21.0 Å². The Kier molecular flexibility index (Phi) is 4.81. The third-order valence-corrected chi connectivity index (χ3v) is 6.80. The number of aromatic amines is 1. The van der Waals surface area contributed by atoms with E-state index in [1.807, 2.05) is 0 Å². The second kappa shape index (κ2) is 7.12. The Morgan fingerprint density at radius 3 is 3.04 bits per heavy atom. The largest absolute Gasteiger partial charge is 0.305 e. The zero-order valence-corrected chi connectivity index (χ0v) is 16.8. The number of nitrogens with zero attached hydrogens (tertiary/aromatic N) is 2. The van der Waals surface area contributed by atoms with E-state index in [-0.39, 0.29) is 17.0 Å². The van der Waals surface area contributed by atoms with Crippen molar-refractivity contribution in [1.29, 1.82) is 5.26 Å². The topological polar surface area (TPSA) is 69.5 Å². The highest BCUT2D eigenvalue weighted by Crippen LogP contribution is 2.36. The summed E-state index contributed by atoms with van der Waals surface area (Å²) in [6, 6.07) is 7.29. The first-order valence-electron chi connectivity index (χ1n) is 8.58. The Bertz CT molecular complexity index is 1190. The Balaban J connectivity index is 1.86. The summed E-state index contributed by atoms with van der Waals surface area (Å²) in [6.45, 7) is 2.22. The maximum Gasteiger partial charge on any atom is 0.260 e. The van der Waals surface area contributed by atoms with E-state index in [4.69, 9.17) is 23.2 Å². The van der Waals surface area contributed by atoms with E-state index < -0.39 is 0 Å². The molecule has 2 heterocycles. The average Bonchev–Trinajstić information content (AvgIpc) is 3.00. The molecule has 0 radical (unpaired) electrons. The predicted octanol–water partition coefficient (Wildman–Crippen LogP) is 5.48. The Hall–Kier alpha value is -2.13. The number of aromatic nitrogens is 2. The first-order chi connectivity index (χ1) is 13.0. The lowest BCUT2D eigenvalue weighted by atomic mass is 9.89. The van der Waals surface area contributed by atoms with Gasteiger partial charge in [0.2, 0.25) is 0 Å². The second-order valence-corrected chi connectivity index (χ2v) is 8.63. The van der Waals surface area contributed by atoms with Gasteiger partial charge in [0, 0.05) is 4.88 Å². The standard InChI is InChI=1S/C20H15Cl2N3OS/c1-10-5-6-13-15(7-10)27-20-16(13)19(26)24-18(25-20)12(9-23)8-11-3-2-4-14(21)17(11)22/h2-4,8,10H,5-7H2,1H3,(H,24,25,26)/b12-8-. The molecule has 27 heavy (non-hydrogen) atoms. The molecule has 2 aromatic heterocycles. The maximum absolute atomic E-state index is 12.7. The molecule has 4 nitrogen and oxygen atoms in total. The van der Waals surface area contributed by atoms with Crippen molar-refractivity contribution in [3.05, 3.63) is 60.4 Å². The van der Waals surface area contributed by atoms with Crippen molar-refractivity contribution in [3.63, 3.8) is 0 Å². The smallest absolute Gasteiger partial charge is 0.260 e. The number of benzene rings is 1. The molecule has 0 fully saturated rings. The van der Waals surface area contributed by atoms with Crippen LogP contribution in [-0.4, -0.2) is 9.97 Å². The lowest BCUT2D eigenvalue weighted by Gasteiger charge is -2.17. The first kappa shape index (κ1) is 18.2. The van der Waals surface area contributed by atoms with E-state index in [1.54, 1.807) is 35.6 Å². The molecule has 0 saturated heterocycles. The summed E-state index contributed by atoms with van der Waals surface area (Å²) in [5.74, 6) is 0.862. The van der Waals surface area contributed by atoms with Crippen molar-refractivity contribution < 1.29 is 0 Å². The van der Waals surface area contributed by atoms with Gasteiger partial charge in [0.25, 0.3) is 5.56 Å². The average molecular weight is 416 g/mol. The Morgan fingerprint density at radius 1 is 1.44 bits per heavy atom. The fourth-order valence-electron chi connectivity index (χ4n) is 3.42. The van der Waals surface area contributed by atoms with Gasteiger partial charge in [0.1, 0.15) is 10.9 Å². The summed E-state index contributed by atoms with van der Waals surface area (Å²) in [5, 5.41) is 11.0. The number of halogens is 2. The fraction of sp³-hybridized carbons (Fsp3) is 0.250. The second-order valence-electron chi connectivity index (χ2n) is 6.76. The van der Waals surface area contributed by atoms with Gasteiger partial charge in [-0.2, -0.15) is 5.26 Å². The minimum Gasteiger partial charge on any atom is -0.305 e. The third kappa shape index (κ3) is 3.29. The van der Waals surface area contributed by atoms with Gasteiger partial charge in [-0.15, -0.1) is 11.3 Å². The molecule has 0 amide bonds. The van der Waals surface area contributed by atoms with Crippen LogP contribution < -0.4 is 5.56 Å². The van der Waals surface area contributed by atoms with Crippen molar-refractivity contribution in [3.8, 4) is 6.07 Å². The number of H-pyrrole nitrogens is 1. The molecule has 1 aliphatic carbocycles. The van der Waals surface area contributed by atoms with Gasteiger partial charge < -0.3 is 4.98 Å². The van der Waals surface area contributed by atoms with Crippen LogP contribution in [0.5, 0.6) is 0 Å². The van der Waals surface area contributed by atoms with Gasteiger partial charge in [-0.3, -0.25) is 4.79 Å². The van der Waals surface area contributed by atoms with Gasteiger partial charge in [0.15, 0.2) is 5.82 Å². The van der Waals surface area contributed by atoms with Crippen LogP contribution in [-0.2, 0) is 12.8 Å². The maximum atomic E-state index is 12.7. The molecule has 0 bridgehead atoms. The van der Waals surface area contributed by atoms with Gasteiger partial charge >= 0.3 is 0 Å². The number of nitrogens with one attached hydrogen (secondary N) is 1. The SMILES string of the molecule is CC1CCc2c(sc3nc(/C(C#N)=C\c4cccc(Cl)c4Cl)[nH]c(=O)c23)C1. The van der Waals surface area contributed by atoms with Crippen molar-refractivity contribution in [2.75, 3.05) is 0 Å². The van der Waals surface area contributed by atoms with Crippen LogP contribution in [0.3, 0.4) is 0 Å². The molecule has 4 rings (SSSR count). The monoisotopic (exact) mass is 415 g/mol. The first-order valence-corrected chi connectivity index (χ1v) is 10.2. The molecular weight excluding hydrogens is 401 g/mol. The number of aryl methyl sites for hydroxylation is 1. The van der Waals surface area contributed by atoms with Crippen LogP contribution in [0.25, 0.3) is 21.9 Å². The predicted molar refractivity (Wildman–Crippen MR) is 111 cm³/mol. The molecule has 0 saturated carbocycles. The number of nitriles is 1. The number of hydrogen-bond donors (Lipinski definition) is 1. The molecule has 136 valence electrons. The van der Waals surface area contributed by atoms with Gasteiger partial charge in [-0.1, -0.05) is 42.3 Å². The summed E-state index contributed by atoms with van der Waals surface area (Å²) in [6.07, 6.45) is 4.55. The van der Waals surface area contributed by atoms with Crippen molar-refractivity contribution in [2.45, 2.75) is 26.2 Å². The van der Waals surface area contributed by atoms with Crippen LogP contribution >= 0.6 is 34.5 Å². The zero-order valence-electron chi connectivity index (χ0n) is 14.5. The van der Waals surface area contributed by atoms with E-state index in [1.165, 1.54) is 4.88 Å². The highest BCUT2D eigenvalue weighted by molar-refractivity contribution is 7.18. The van der Waals surface area contributed by atoms with E-state index in [0.29, 0.717) is 31.7 Å². The van der Waals surface area contributed by atoms with Crippen molar-refractivity contribution in [2.24, 2.45) is 5.92 Å². The molecule has 1 N–H and O–H groups in total. The van der Waals surface area contributed by atoms with Crippen LogP contribution in [0.1, 0.15) is 35.2 Å². The van der Waals surface area contributed by atoms with E-state index in [0.717, 1.165) is 24.8 Å². The summed E-state index contributed by atoms with van der Waals surface area (Å²) in [4.78, 5) is 22.0. The molecule has 1 unspecified atom stereocenters. The quantitative estimate of drug-likeness (QED) is 0.563. The number of rotatable bonds is 2. The minimum atomic E-state index is -0.194. The van der Waals surface area contributed by atoms with E-state index in [2.05, 4.69) is 23.0 Å². The molecule has 1 aromatic carbocycles. The molecule has 1 aliphatic rings. The Morgan fingerprint density at radius 2 is 2.26 bits per heavy atom. The number of thiophene rings is 1. The van der Waals surface area contributed by atoms with Gasteiger partial charge in [-0.25, -0.2) is 4.98 Å². The molecular formula is C20H15Cl2N3OS. The lowest BCUT2D eigenvalue weighted by molar-refractivity contribution is 0.509. The molecule has 1 atom stereocenters. The van der Waals surface area contributed by atoms with Crippen molar-refractivity contribution in [1.82, 2.24) is 9.97 Å². The van der Waals surface area contributed by atoms with E-state index in [9.17, 15) is 10.1 Å². The number of hydrogen-bond acceptors (Lipinski definition) is 4. The molecule has 0 aliphatic heterocycles. The third-order valence-electron chi connectivity index (χ3n) is 4.82. The van der Waals surface area contributed by atoms with Crippen LogP contribution in [0.15, 0.2) is 23.0 Å². The lowest BCUT2D eigenvalue weighted by Crippen LogP contribution is -2.14. The highest BCUT2D eigenvalue weighted by atomic mass is 35.5. The van der Waals surface area contributed by atoms with Crippen molar-refractivity contribution >= 4 is 56.4 Å². The van der Waals surface area contributed by atoms with Crippen LogP contribution in [0, 0.1) is 17.2 Å². The van der Waals surface area contributed by atoms with Crippen LogP contribution in [0.4, 0.5) is 0 Å². The fourth-order valence-corrected chi connectivity index (χ4v) is 5.16. The summed E-state index contributed by atoms with van der Waals surface area (Å²) < 4.78 is 0. The number of fused-ring (bicyclic) bond motifs is 3. The zero-order chi connectivity index (χ0) is 19.1.